The van der Waals surface area contributed by atoms with E-state index in [0.29, 0.717) is 42.9 Å². The third kappa shape index (κ3) is 3.68. The van der Waals surface area contributed by atoms with Gasteiger partial charge in [0.25, 0.3) is 0 Å². The molecule has 1 saturated carbocycles. The SMILES string of the molecule is O=S(=O)(c1ccc2c(c1)CCO2)N1CCN2C[C@H](Oc3cnc(C4CC4)cn3)C[C@H]2C1. The molecule has 0 radical (unpaired) electrons. The summed E-state index contributed by atoms with van der Waals surface area (Å²) in [4.78, 5) is 11.6. The van der Waals surface area contributed by atoms with Crippen molar-refractivity contribution in [3.8, 4) is 11.6 Å². The highest BCUT2D eigenvalue weighted by Gasteiger charge is 2.41. The predicted octanol–water partition coefficient (Wildman–Crippen LogP) is 1.82. The molecule has 8 nitrogen and oxygen atoms in total. The van der Waals surface area contributed by atoms with E-state index in [-0.39, 0.29) is 12.1 Å². The minimum Gasteiger partial charge on any atom is -0.493 e. The van der Waals surface area contributed by atoms with Gasteiger partial charge in [-0.25, -0.2) is 13.4 Å². The van der Waals surface area contributed by atoms with Crippen LogP contribution in [0.5, 0.6) is 11.6 Å². The Morgan fingerprint density at radius 3 is 2.81 bits per heavy atom. The van der Waals surface area contributed by atoms with E-state index in [9.17, 15) is 8.42 Å². The van der Waals surface area contributed by atoms with Gasteiger partial charge < -0.3 is 9.47 Å². The quantitative estimate of drug-likeness (QED) is 0.698. The van der Waals surface area contributed by atoms with Gasteiger partial charge in [0.05, 0.1) is 29.6 Å². The fourth-order valence-electron chi connectivity index (χ4n) is 4.89. The van der Waals surface area contributed by atoms with E-state index in [2.05, 4.69) is 14.9 Å². The Kier molecular flexibility index (Phi) is 4.66. The topological polar surface area (TPSA) is 84.9 Å². The Bertz CT molecular complexity index is 1090. The number of benzene rings is 1. The van der Waals surface area contributed by atoms with Gasteiger partial charge in [0, 0.05) is 51.0 Å². The van der Waals surface area contributed by atoms with Gasteiger partial charge in [-0.2, -0.15) is 4.31 Å². The predicted molar refractivity (Wildman–Crippen MR) is 113 cm³/mol. The van der Waals surface area contributed by atoms with Gasteiger partial charge in [0.2, 0.25) is 15.9 Å². The van der Waals surface area contributed by atoms with Crippen LogP contribution in [0.2, 0.25) is 0 Å². The van der Waals surface area contributed by atoms with Crippen molar-refractivity contribution in [3.63, 3.8) is 0 Å². The molecule has 6 rings (SSSR count). The molecule has 0 unspecified atom stereocenters. The van der Waals surface area contributed by atoms with Crippen LogP contribution in [0.4, 0.5) is 0 Å². The summed E-state index contributed by atoms with van der Waals surface area (Å²) < 4.78 is 39.7. The Morgan fingerprint density at radius 2 is 2.00 bits per heavy atom. The van der Waals surface area contributed by atoms with Crippen molar-refractivity contribution >= 4 is 10.0 Å². The van der Waals surface area contributed by atoms with E-state index >= 15 is 0 Å². The molecule has 0 spiro atoms. The first-order valence-electron chi connectivity index (χ1n) is 11.0. The molecule has 2 saturated heterocycles. The molecule has 0 bridgehead atoms. The van der Waals surface area contributed by atoms with Crippen molar-refractivity contribution in [1.82, 2.24) is 19.2 Å². The van der Waals surface area contributed by atoms with E-state index in [1.807, 2.05) is 6.20 Å². The molecule has 4 heterocycles. The monoisotopic (exact) mass is 442 g/mol. The van der Waals surface area contributed by atoms with Crippen LogP contribution in [0.25, 0.3) is 0 Å². The maximum atomic E-state index is 13.3. The van der Waals surface area contributed by atoms with Gasteiger partial charge in [-0.3, -0.25) is 9.88 Å². The molecule has 164 valence electrons. The summed E-state index contributed by atoms with van der Waals surface area (Å²) in [5, 5.41) is 0. The summed E-state index contributed by atoms with van der Waals surface area (Å²) in [6, 6.07) is 5.37. The summed E-state index contributed by atoms with van der Waals surface area (Å²) in [6.45, 7) is 3.11. The van der Waals surface area contributed by atoms with Crippen LogP contribution < -0.4 is 9.47 Å². The van der Waals surface area contributed by atoms with Crippen molar-refractivity contribution in [2.75, 3.05) is 32.8 Å². The zero-order chi connectivity index (χ0) is 21.0. The third-order valence-electron chi connectivity index (χ3n) is 6.77. The number of hydrogen-bond acceptors (Lipinski definition) is 7. The third-order valence-corrected chi connectivity index (χ3v) is 8.63. The second-order valence-corrected chi connectivity index (χ2v) is 10.8. The molecular formula is C22H26N4O4S. The Balaban J connectivity index is 1.12. The number of hydrogen-bond donors (Lipinski definition) is 0. The van der Waals surface area contributed by atoms with E-state index in [4.69, 9.17) is 9.47 Å². The Hall–Kier alpha value is -2.23. The number of aromatic nitrogens is 2. The van der Waals surface area contributed by atoms with Crippen LogP contribution in [0, 0.1) is 0 Å². The Morgan fingerprint density at radius 1 is 1.10 bits per heavy atom. The molecule has 2 atom stereocenters. The molecule has 0 N–H and O–H groups in total. The average Bonchev–Trinajstić information content (AvgIpc) is 3.38. The number of sulfonamides is 1. The van der Waals surface area contributed by atoms with Crippen molar-refractivity contribution in [1.29, 1.82) is 0 Å². The maximum absolute atomic E-state index is 13.3. The highest BCUT2D eigenvalue weighted by atomic mass is 32.2. The molecule has 2 aromatic rings. The highest BCUT2D eigenvalue weighted by Crippen LogP contribution is 2.38. The van der Waals surface area contributed by atoms with E-state index in [1.54, 1.807) is 28.7 Å². The molecular weight excluding hydrogens is 416 g/mol. The van der Waals surface area contributed by atoms with E-state index in [1.165, 1.54) is 12.8 Å². The van der Waals surface area contributed by atoms with Gasteiger partial charge in [-0.05, 0) is 36.6 Å². The van der Waals surface area contributed by atoms with Crippen molar-refractivity contribution in [3.05, 3.63) is 41.9 Å². The molecule has 3 aliphatic heterocycles. The van der Waals surface area contributed by atoms with Gasteiger partial charge in [-0.1, -0.05) is 0 Å². The Labute approximate surface area is 182 Å². The largest absolute Gasteiger partial charge is 0.493 e. The molecule has 1 aliphatic carbocycles. The average molecular weight is 443 g/mol. The first kappa shape index (κ1) is 19.5. The van der Waals surface area contributed by atoms with Crippen LogP contribution in [0.1, 0.15) is 36.4 Å². The first-order chi connectivity index (χ1) is 15.1. The molecule has 9 heteroatoms. The zero-order valence-corrected chi connectivity index (χ0v) is 18.1. The van der Waals surface area contributed by atoms with Crippen LogP contribution in [-0.4, -0.2) is 72.5 Å². The van der Waals surface area contributed by atoms with Crippen LogP contribution >= 0.6 is 0 Å². The van der Waals surface area contributed by atoms with Crippen molar-refractivity contribution in [2.24, 2.45) is 0 Å². The van der Waals surface area contributed by atoms with Crippen molar-refractivity contribution < 1.29 is 17.9 Å². The zero-order valence-electron chi connectivity index (χ0n) is 17.3. The molecule has 0 amide bonds. The van der Waals surface area contributed by atoms with Gasteiger partial charge in [0.1, 0.15) is 11.9 Å². The second kappa shape index (κ2) is 7.43. The number of fused-ring (bicyclic) bond motifs is 2. The minimum atomic E-state index is -3.52. The lowest BCUT2D eigenvalue weighted by molar-refractivity contribution is 0.151. The highest BCUT2D eigenvalue weighted by molar-refractivity contribution is 7.89. The summed E-state index contributed by atoms with van der Waals surface area (Å²) >= 11 is 0. The molecule has 1 aromatic carbocycles. The number of piperazine rings is 1. The molecule has 4 aliphatic rings. The maximum Gasteiger partial charge on any atom is 0.243 e. The van der Waals surface area contributed by atoms with Gasteiger partial charge in [0.15, 0.2) is 0 Å². The summed E-state index contributed by atoms with van der Waals surface area (Å²) in [6.07, 6.45) is 7.50. The van der Waals surface area contributed by atoms with E-state index in [0.717, 1.165) is 36.4 Å². The van der Waals surface area contributed by atoms with Crippen LogP contribution in [0.3, 0.4) is 0 Å². The van der Waals surface area contributed by atoms with Gasteiger partial charge in [-0.15, -0.1) is 0 Å². The second-order valence-electron chi connectivity index (χ2n) is 8.91. The smallest absolute Gasteiger partial charge is 0.243 e. The normalized spacial score (nSPS) is 26.3. The lowest BCUT2D eigenvalue weighted by Crippen LogP contribution is -2.51. The van der Waals surface area contributed by atoms with E-state index < -0.39 is 10.0 Å². The molecule has 31 heavy (non-hydrogen) atoms. The lowest BCUT2D eigenvalue weighted by atomic mass is 10.2. The van der Waals surface area contributed by atoms with Crippen LogP contribution in [0.15, 0.2) is 35.5 Å². The minimum absolute atomic E-state index is 0.00544. The molecule has 3 fully saturated rings. The summed E-state index contributed by atoms with van der Waals surface area (Å²) in [5.74, 6) is 1.93. The van der Waals surface area contributed by atoms with Gasteiger partial charge >= 0.3 is 0 Å². The fraction of sp³-hybridized carbons (Fsp3) is 0.545. The number of ether oxygens (including phenoxy) is 2. The first-order valence-corrected chi connectivity index (χ1v) is 12.5. The summed E-state index contributed by atoms with van der Waals surface area (Å²) in [5.41, 5.74) is 2.03. The summed E-state index contributed by atoms with van der Waals surface area (Å²) in [7, 11) is -3.52. The fourth-order valence-corrected chi connectivity index (χ4v) is 6.41. The lowest BCUT2D eigenvalue weighted by Gasteiger charge is -2.36. The number of rotatable bonds is 5. The number of nitrogens with zero attached hydrogens (tertiary/aromatic N) is 4. The molecule has 1 aromatic heterocycles. The van der Waals surface area contributed by atoms with Crippen LogP contribution in [-0.2, 0) is 16.4 Å². The standard InChI is InChI=1S/C22H26N4O4S/c27-31(28,19-3-4-21-16(9-19)5-8-29-21)26-7-6-25-14-18(10-17(25)13-26)30-22-12-23-20(11-24-22)15-1-2-15/h3-4,9,11-12,15,17-18H,1-2,5-8,10,13-14H2/t17-,18+/m0/s1. The van der Waals surface area contributed by atoms with Crippen molar-refractivity contribution in [2.45, 2.75) is 48.6 Å².